The maximum atomic E-state index is 8.50. The highest BCUT2D eigenvalue weighted by atomic mass is 79.9. The van der Waals surface area contributed by atoms with E-state index < -0.39 is 0 Å². The Bertz CT molecular complexity index is 214. The second-order valence-electron chi connectivity index (χ2n) is 2.11. The average Bonchev–Trinajstić information content (AvgIpc) is 2.37. The molecule has 2 N–H and O–H groups in total. The predicted octanol–water partition coefficient (Wildman–Crippen LogP) is 2.30. The first-order valence-corrected chi connectivity index (χ1v) is 5.04. The Kier molecular flexibility index (Phi) is 3.90. The van der Waals surface area contributed by atoms with Crippen LogP contribution in [0, 0.1) is 0 Å². The molecule has 0 saturated carbocycles. The molecule has 62 valence electrons. The highest BCUT2D eigenvalue weighted by Gasteiger charge is 1.94. The van der Waals surface area contributed by atoms with E-state index in [0.29, 0.717) is 0 Å². The number of nitrogens with one attached hydrogen (secondary N) is 1. The van der Waals surface area contributed by atoms with E-state index in [1.807, 2.05) is 12.1 Å². The second kappa shape index (κ2) is 4.74. The third-order valence-corrected chi connectivity index (χ3v) is 2.79. The Morgan fingerprint density at radius 3 is 2.91 bits per heavy atom. The van der Waals surface area contributed by atoms with Crippen molar-refractivity contribution in [1.29, 1.82) is 0 Å². The van der Waals surface area contributed by atoms with E-state index in [-0.39, 0.29) is 6.61 Å². The van der Waals surface area contributed by atoms with Gasteiger partial charge in [-0.1, -0.05) is 0 Å². The molecule has 0 fully saturated rings. The molecule has 11 heavy (non-hydrogen) atoms. The molecule has 0 saturated heterocycles. The fraction of sp³-hybridized carbons (Fsp3) is 0.429. The molecule has 1 rings (SSSR count). The van der Waals surface area contributed by atoms with Gasteiger partial charge in [0.25, 0.3) is 0 Å². The van der Waals surface area contributed by atoms with Crippen LogP contribution in [-0.2, 0) is 0 Å². The largest absolute Gasteiger partial charge is 0.396 e. The van der Waals surface area contributed by atoms with Crippen LogP contribution in [0.15, 0.2) is 15.9 Å². The monoisotopic (exact) mass is 235 g/mol. The van der Waals surface area contributed by atoms with Gasteiger partial charge >= 0.3 is 0 Å². The van der Waals surface area contributed by atoms with Crippen molar-refractivity contribution in [3.63, 3.8) is 0 Å². The Hall–Kier alpha value is -0.0600. The Balaban J connectivity index is 2.27. The first kappa shape index (κ1) is 9.03. The number of thiophene rings is 1. The van der Waals surface area contributed by atoms with Crippen molar-refractivity contribution < 1.29 is 5.11 Å². The number of aliphatic hydroxyl groups is 1. The van der Waals surface area contributed by atoms with Crippen molar-refractivity contribution in [3.05, 3.63) is 15.9 Å². The zero-order chi connectivity index (χ0) is 8.10. The first-order valence-electron chi connectivity index (χ1n) is 3.43. The molecular weight excluding hydrogens is 226 g/mol. The summed E-state index contributed by atoms with van der Waals surface area (Å²) in [6, 6.07) is 4.03. The molecule has 4 heteroatoms. The minimum atomic E-state index is 0.250. The summed E-state index contributed by atoms with van der Waals surface area (Å²) in [7, 11) is 0. The van der Waals surface area contributed by atoms with Gasteiger partial charge in [-0.15, -0.1) is 11.3 Å². The highest BCUT2D eigenvalue weighted by Crippen LogP contribution is 2.26. The van der Waals surface area contributed by atoms with E-state index in [2.05, 4.69) is 21.2 Å². The van der Waals surface area contributed by atoms with Gasteiger partial charge < -0.3 is 10.4 Å². The van der Waals surface area contributed by atoms with Crippen LogP contribution in [0.25, 0.3) is 0 Å². The minimum Gasteiger partial charge on any atom is -0.396 e. The van der Waals surface area contributed by atoms with Crippen molar-refractivity contribution in [3.8, 4) is 0 Å². The van der Waals surface area contributed by atoms with Crippen molar-refractivity contribution in [2.75, 3.05) is 18.5 Å². The standard InChI is InChI=1S/C7H10BrNOS/c8-6-2-3-7(11-6)9-4-1-5-10/h2-3,9-10H,1,4-5H2. The normalized spacial score (nSPS) is 10.0. The maximum Gasteiger partial charge on any atom is 0.0894 e. The summed E-state index contributed by atoms with van der Waals surface area (Å²) in [6.45, 7) is 1.09. The highest BCUT2D eigenvalue weighted by molar-refractivity contribution is 9.11. The number of anilines is 1. The Labute approximate surface area is 78.4 Å². The second-order valence-corrected chi connectivity index (χ2v) is 4.57. The van der Waals surface area contributed by atoms with Gasteiger partial charge in [-0.05, 0) is 34.5 Å². The predicted molar refractivity (Wildman–Crippen MR) is 52.2 cm³/mol. The molecule has 1 aromatic heterocycles. The van der Waals surface area contributed by atoms with Gasteiger partial charge in [0.1, 0.15) is 0 Å². The number of halogens is 1. The zero-order valence-corrected chi connectivity index (χ0v) is 8.41. The first-order chi connectivity index (χ1) is 5.33. The molecule has 2 nitrogen and oxygen atoms in total. The van der Waals surface area contributed by atoms with Gasteiger partial charge in [0, 0.05) is 13.2 Å². The molecule has 0 bridgehead atoms. The topological polar surface area (TPSA) is 32.3 Å². The lowest BCUT2D eigenvalue weighted by molar-refractivity contribution is 0.292. The lowest BCUT2D eigenvalue weighted by Gasteiger charge is -1.99. The molecule has 0 aromatic carbocycles. The Morgan fingerprint density at radius 2 is 2.36 bits per heavy atom. The fourth-order valence-electron chi connectivity index (χ4n) is 0.700. The van der Waals surface area contributed by atoms with Crippen LogP contribution < -0.4 is 5.32 Å². The molecule has 0 radical (unpaired) electrons. The van der Waals surface area contributed by atoms with Gasteiger partial charge in [0.05, 0.1) is 8.79 Å². The molecule has 1 aromatic rings. The van der Waals surface area contributed by atoms with Crippen molar-refractivity contribution in [1.82, 2.24) is 0 Å². The lowest BCUT2D eigenvalue weighted by Crippen LogP contribution is -2.01. The minimum absolute atomic E-state index is 0.250. The van der Waals surface area contributed by atoms with Crippen LogP contribution >= 0.6 is 27.3 Å². The number of hydrogen-bond acceptors (Lipinski definition) is 3. The lowest BCUT2D eigenvalue weighted by atomic mass is 10.4. The Morgan fingerprint density at radius 1 is 1.55 bits per heavy atom. The summed E-state index contributed by atoms with van der Waals surface area (Å²) >= 11 is 5.03. The third-order valence-electron chi connectivity index (χ3n) is 1.21. The van der Waals surface area contributed by atoms with Crippen LogP contribution in [0.4, 0.5) is 5.00 Å². The van der Waals surface area contributed by atoms with Gasteiger partial charge in [0.15, 0.2) is 0 Å². The van der Waals surface area contributed by atoms with Crippen molar-refractivity contribution in [2.45, 2.75) is 6.42 Å². The summed E-state index contributed by atoms with van der Waals surface area (Å²) < 4.78 is 1.13. The van der Waals surface area contributed by atoms with Gasteiger partial charge in [-0.25, -0.2) is 0 Å². The summed E-state index contributed by atoms with van der Waals surface area (Å²) in [5.41, 5.74) is 0. The van der Waals surface area contributed by atoms with E-state index in [1.54, 1.807) is 11.3 Å². The molecule has 0 atom stereocenters. The fourth-order valence-corrected chi connectivity index (χ4v) is 2.01. The smallest absolute Gasteiger partial charge is 0.0894 e. The van der Waals surface area contributed by atoms with E-state index in [9.17, 15) is 0 Å². The van der Waals surface area contributed by atoms with Gasteiger partial charge in [-0.2, -0.15) is 0 Å². The van der Waals surface area contributed by atoms with Crippen LogP contribution in [0.1, 0.15) is 6.42 Å². The molecule has 0 aliphatic carbocycles. The number of hydrogen-bond donors (Lipinski definition) is 2. The summed E-state index contributed by atoms with van der Waals surface area (Å²) in [5, 5.41) is 12.8. The molecular formula is C7H10BrNOS. The number of rotatable bonds is 4. The zero-order valence-electron chi connectivity index (χ0n) is 6.01. The maximum absolute atomic E-state index is 8.50. The van der Waals surface area contributed by atoms with E-state index >= 15 is 0 Å². The summed E-state index contributed by atoms with van der Waals surface area (Å²) in [4.78, 5) is 0. The summed E-state index contributed by atoms with van der Waals surface area (Å²) in [6.07, 6.45) is 0.801. The molecule has 0 amide bonds. The number of aliphatic hydroxyl groups excluding tert-OH is 1. The summed E-state index contributed by atoms with van der Waals surface area (Å²) in [5.74, 6) is 0. The quantitative estimate of drug-likeness (QED) is 0.786. The van der Waals surface area contributed by atoms with Crippen LogP contribution in [0.5, 0.6) is 0 Å². The molecule has 1 heterocycles. The SMILES string of the molecule is OCCCNc1ccc(Br)s1. The van der Waals surface area contributed by atoms with Crippen LogP contribution in [-0.4, -0.2) is 18.3 Å². The molecule has 0 aliphatic heterocycles. The van der Waals surface area contributed by atoms with Gasteiger partial charge in [-0.3, -0.25) is 0 Å². The van der Waals surface area contributed by atoms with Crippen molar-refractivity contribution >= 4 is 32.3 Å². The van der Waals surface area contributed by atoms with E-state index in [4.69, 9.17) is 5.11 Å². The third kappa shape index (κ3) is 3.22. The van der Waals surface area contributed by atoms with E-state index in [0.717, 1.165) is 21.8 Å². The molecule has 0 unspecified atom stereocenters. The molecule has 0 aliphatic rings. The average molecular weight is 236 g/mol. The van der Waals surface area contributed by atoms with Crippen LogP contribution in [0.3, 0.4) is 0 Å². The van der Waals surface area contributed by atoms with Gasteiger partial charge in [0.2, 0.25) is 0 Å². The molecule has 0 spiro atoms. The van der Waals surface area contributed by atoms with Crippen LogP contribution in [0.2, 0.25) is 0 Å². The van der Waals surface area contributed by atoms with E-state index in [1.165, 1.54) is 0 Å². The van der Waals surface area contributed by atoms with Crippen molar-refractivity contribution in [2.24, 2.45) is 0 Å².